The second-order valence-electron chi connectivity index (χ2n) is 3.80. The molecule has 0 saturated carbocycles. The van der Waals surface area contributed by atoms with Gasteiger partial charge in [-0.1, -0.05) is 23.2 Å². The Labute approximate surface area is 134 Å². The van der Waals surface area contributed by atoms with Gasteiger partial charge in [0.2, 0.25) is 0 Å². The fourth-order valence-corrected chi connectivity index (χ4v) is 2.30. The maximum Gasteiger partial charge on any atom is 0.258 e. The van der Waals surface area contributed by atoms with Gasteiger partial charge in [0.05, 0.1) is 17.7 Å². The van der Waals surface area contributed by atoms with Crippen LogP contribution in [0.1, 0.15) is 10.4 Å². The van der Waals surface area contributed by atoms with Crippen LogP contribution in [0.2, 0.25) is 10.2 Å². The van der Waals surface area contributed by atoms with Crippen LogP contribution in [-0.2, 0) is 0 Å². The number of rotatable bonds is 3. The SMILES string of the molecule is COc1ccc(NC(=O)c2cc(Br)cnc2Cl)cc1Cl. The third-order valence-electron chi connectivity index (χ3n) is 2.46. The summed E-state index contributed by atoms with van der Waals surface area (Å²) in [5.74, 6) is 0.164. The van der Waals surface area contributed by atoms with Crippen molar-refractivity contribution in [3.8, 4) is 5.75 Å². The van der Waals surface area contributed by atoms with Gasteiger partial charge < -0.3 is 10.1 Å². The number of carbonyl (C=O) groups is 1. The van der Waals surface area contributed by atoms with E-state index in [0.29, 0.717) is 20.9 Å². The molecule has 0 aliphatic rings. The quantitative estimate of drug-likeness (QED) is 0.808. The number of hydrogen-bond acceptors (Lipinski definition) is 3. The lowest BCUT2D eigenvalue weighted by Gasteiger charge is -2.09. The van der Waals surface area contributed by atoms with Crippen molar-refractivity contribution < 1.29 is 9.53 Å². The Morgan fingerprint density at radius 1 is 1.35 bits per heavy atom. The maximum atomic E-state index is 12.1. The molecule has 0 bridgehead atoms. The highest BCUT2D eigenvalue weighted by atomic mass is 79.9. The Balaban J connectivity index is 2.23. The molecule has 0 atom stereocenters. The van der Waals surface area contributed by atoms with Gasteiger partial charge in [-0.15, -0.1) is 0 Å². The van der Waals surface area contributed by atoms with Crippen LogP contribution in [0.5, 0.6) is 5.75 Å². The van der Waals surface area contributed by atoms with Crippen LogP contribution in [0.3, 0.4) is 0 Å². The molecule has 2 rings (SSSR count). The van der Waals surface area contributed by atoms with Crippen LogP contribution in [0, 0.1) is 0 Å². The lowest BCUT2D eigenvalue weighted by Crippen LogP contribution is -2.13. The van der Waals surface area contributed by atoms with E-state index in [-0.39, 0.29) is 16.6 Å². The van der Waals surface area contributed by atoms with Gasteiger partial charge in [-0.25, -0.2) is 4.98 Å². The molecule has 0 fully saturated rings. The number of anilines is 1. The number of halogens is 3. The summed E-state index contributed by atoms with van der Waals surface area (Å²) in [6.45, 7) is 0. The minimum atomic E-state index is -0.370. The highest BCUT2D eigenvalue weighted by Gasteiger charge is 2.13. The lowest BCUT2D eigenvalue weighted by molar-refractivity contribution is 0.102. The van der Waals surface area contributed by atoms with Crippen molar-refractivity contribution in [3.63, 3.8) is 0 Å². The average molecular weight is 376 g/mol. The molecule has 0 aliphatic heterocycles. The molecule has 0 spiro atoms. The van der Waals surface area contributed by atoms with Crippen LogP contribution in [0.4, 0.5) is 5.69 Å². The summed E-state index contributed by atoms with van der Waals surface area (Å²) in [5, 5.41) is 3.23. The first-order valence-electron chi connectivity index (χ1n) is 5.47. The Morgan fingerprint density at radius 2 is 2.10 bits per heavy atom. The second-order valence-corrected chi connectivity index (χ2v) is 5.48. The van der Waals surface area contributed by atoms with E-state index in [1.165, 1.54) is 13.3 Å². The van der Waals surface area contributed by atoms with Gasteiger partial charge in [-0.05, 0) is 40.2 Å². The zero-order valence-electron chi connectivity index (χ0n) is 10.3. The van der Waals surface area contributed by atoms with Crippen molar-refractivity contribution >= 4 is 50.7 Å². The first-order valence-corrected chi connectivity index (χ1v) is 7.02. The van der Waals surface area contributed by atoms with Crippen LogP contribution < -0.4 is 10.1 Å². The van der Waals surface area contributed by atoms with Crippen LogP contribution in [0.15, 0.2) is 34.9 Å². The Morgan fingerprint density at radius 3 is 2.75 bits per heavy atom. The van der Waals surface area contributed by atoms with Crippen molar-refractivity contribution in [1.82, 2.24) is 4.98 Å². The topological polar surface area (TPSA) is 51.2 Å². The summed E-state index contributed by atoms with van der Waals surface area (Å²) in [7, 11) is 1.52. The molecule has 1 amide bonds. The van der Waals surface area contributed by atoms with Crippen LogP contribution in [-0.4, -0.2) is 18.0 Å². The third-order valence-corrected chi connectivity index (χ3v) is 3.49. The van der Waals surface area contributed by atoms with Crippen LogP contribution in [0.25, 0.3) is 0 Å². The number of nitrogens with one attached hydrogen (secondary N) is 1. The molecule has 0 aliphatic carbocycles. The summed E-state index contributed by atoms with van der Waals surface area (Å²) in [6, 6.07) is 6.54. The number of ether oxygens (including phenoxy) is 1. The summed E-state index contributed by atoms with van der Waals surface area (Å²) >= 11 is 15.1. The minimum absolute atomic E-state index is 0.130. The van der Waals surface area contributed by atoms with Crippen molar-refractivity contribution in [2.75, 3.05) is 12.4 Å². The number of methoxy groups -OCH3 is 1. The number of nitrogens with zero attached hydrogens (tertiary/aromatic N) is 1. The normalized spacial score (nSPS) is 10.2. The van der Waals surface area contributed by atoms with Gasteiger partial charge in [0, 0.05) is 16.4 Å². The van der Waals surface area contributed by atoms with Gasteiger partial charge in [-0.3, -0.25) is 4.79 Å². The van der Waals surface area contributed by atoms with Gasteiger partial charge in [0.1, 0.15) is 10.9 Å². The van der Waals surface area contributed by atoms with E-state index >= 15 is 0 Å². The number of carbonyl (C=O) groups excluding carboxylic acids is 1. The molecule has 2 aromatic rings. The fraction of sp³-hybridized carbons (Fsp3) is 0.0769. The predicted molar refractivity (Wildman–Crippen MR) is 82.9 cm³/mol. The van der Waals surface area contributed by atoms with Crippen LogP contribution >= 0.6 is 39.1 Å². The molecule has 0 saturated heterocycles. The molecule has 0 radical (unpaired) electrons. The molecular weight excluding hydrogens is 367 g/mol. The van der Waals surface area contributed by atoms with Gasteiger partial charge >= 0.3 is 0 Å². The number of aromatic nitrogens is 1. The number of pyridine rings is 1. The van der Waals surface area contributed by atoms with Crippen molar-refractivity contribution in [3.05, 3.63) is 50.7 Å². The monoisotopic (exact) mass is 374 g/mol. The van der Waals surface area contributed by atoms with E-state index in [0.717, 1.165) is 0 Å². The lowest BCUT2D eigenvalue weighted by atomic mass is 10.2. The molecule has 1 N–H and O–H groups in total. The van der Waals surface area contributed by atoms with Gasteiger partial charge in [-0.2, -0.15) is 0 Å². The second kappa shape index (κ2) is 6.43. The van der Waals surface area contributed by atoms with E-state index < -0.39 is 0 Å². The molecule has 1 aromatic heterocycles. The van der Waals surface area contributed by atoms with E-state index in [2.05, 4.69) is 26.2 Å². The molecule has 1 heterocycles. The summed E-state index contributed by atoms with van der Waals surface area (Å²) in [4.78, 5) is 16.0. The Hall–Kier alpha value is -1.30. The highest BCUT2D eigenvalue weighted by molar-refractivity contribution is 9.10. The number of hydrogen-bond donors (Lipinski definition) is 1. The fourth-order valence-electron chi connectivity index (χ4n) is 1.52. The van der Waals surface area contributed by atoms with Crippen molar-refractivity contribution in [2.24, 2.45) is 0 Å². The summed E-state index contributed by atoms with van der Waals surface area (Å²) in [6.07, 6.45) is 1.52. The molecule has 7 heteroatoms. The van der Waals surface area contributed by atoms with E-state index in [9.17, 15) is 4.79 Å². The third kappa shape index (κ3) is 3.42. The van der Waals surface area contributed by atoms with Gasteiger partial charge in [0.15, 0.2) is 0 Å². The van der Waals surface area contributed by atoms with E-state index in [4.69, 9.17) is 27.9 Å². The first kappa shape index (κ1) is 15.1. The largest absolute Gasteiger partial charge is 0.495 e. The smallest absolute Gasteiger partial charge is 0.258 e. The molecule has 104 valence electrons. The minimum Gasteiger partial charge on any atom is -0.495 e. The van der Waals surface area contributed by atoms with Crippen molar-refractivity contribution in [2.45, 2.75) is 0 Å². The van der Waals surface area contributed by atoms with E-state index in [1.807, 2.05) is 0 Å². The first-order chi connectivity index (χ1) is 9.51. The number of amides is 1. The van der Waals surface area contributed by atoms with E-state index in [1.54, 1.807) is 24.3 Å². The summed E-state index contributed by atoms with van der Waals surface area (Å²) in [5.41, 5.74) is 0.810. The average Bonchev–Trinajstić information content (AvgIpc) is 2.41. The van der Waals surface area contributed by atoms with Crippen molar-refractivity contribution in [1.29, 1.82) is 0 Å². The standard InChI is InChI=1S/C13H9BrCl2N2O2/c1-20-11-3-2-8(5-10(11)15)18-13(19)9-4-7(14)6-17-12(9)16/h2-6H,1H3,(H,18,19). The number of benzene rings is 1. The zero-order chi connectivity index (χ0) is 14.7. The van der Waals surface area contributed by atoms with Gasteiger partial charge in [0.25, 0.3) is 5.91 Å². The Kier molecular flexibility index (Phi) is 4.86. The molecule has 20 heavy (non-hydrogen) atoms. The predicted octanol–water partition coefficient (Wildman–Crippen LogP) is 4.41. The zero-order valence-corrected chi connectivity index (χ0v) is 13.4. The maximum absolute atomic E-state index is 12.1. The highest BCUT2D eigenvalue weighted by Crippen LogP contribution is 2.28. The summed E-state index contributed by atoms with van der Waals surface area (Å²) < 4.78 is 5.71. The molecular formula is C13H9BrCl2N2O2. The molecule has 0 unspecified atom stereocenters. The molecule has 1 aromatic carbocycles. The molecule has 4 nitrogen and oxygen atoms in total. The Bertz CT molecular complexity index is 665.